The Morgan fingerprint density at radius 3 is 2.58 bits per heavy atom. The minimum Gasteiger partial charge on any atom is -0.497 e. The molecular formula is C24H24Cl2N4O3. The Balaban J connectivity index is 1.50. The molecule has 33 heavy (non-hydrogen) atoms. The van der Waals surface area contributed by atoms with Crippen molar-refractivity contribution in [3.8, 4) is 5.75 Å². The molecule has 0 bridgehead atoms. The van der Waals surface area contributed by atoms with Crippen LogP contribution in [0.25, 0.3) is 0 Å². The maximum absolute atomic E-state index is 13.3. The zero-order valence-corrected chi connectivity index (χ0v) is 19.7. The molecule has 0 aliphatic carbocycles. The number of nitrogens with two attached hydrogens (primary N) is 1. The van der Waals surface area contributed by atoms with Gasteiger partial charge in [0.05, 0.1) is 23.7 Å². The van der Waals surface area contributed by atoms with E-state index in [1.807, 2.05) is 24.3 Å². The second-order valence-electron chi connectivity index (χ2n) is 7.91. The number of hydrogen-bond donors (Lipinski definition) is 1. The van der Waals surface area contributed by atoms with Crippen molar-refractivity contribution in [3.05, 3.63) is 74.9 Å². The SMILES string of the molecule is COc1ccc(CN2CCN=C(C3=C(N)CCN(C(=O)c4ccc(Cl)c(Cl)c4)C3)C2=O)cc1. The Hall–Kier alpha value is -3.03. The summed E-state index contributed by atoms with van der Waals surface area (Å²) in [6.45, 7) is 2.13. The van der Waals surface area contributed by atoms with Crippen molar-refractivity contribution in [3.63, 3.8) is 0 Å². The number of carbonyl (C=O) groups excluding carboxylic acids is 2. The van der Waals surface area contributed by atoms with Gasteiger partial charge in [0.15, 0.2) is 0 Å². The third-order valence-electron chi connectivity index (χ3n) is 5.79. The lowest BCUT2D eigenvalue weighted by molar-refractivity contribution is -0.125. The van der Waals surface area contributed by atoms with Crippen molar-refractivity contribution in [2.24, 2.45) is 10.7 Å². The fourth-order valence-corrected chi connectivity index (χ4v) is 4.22. The van der Waals surface area contributed by atoms with Crippen LogP contribution in [0, 0.1) is 0 Å². The molecule has 2 heterocycles. The molecule has 2 aromatic carbocycles. The highest BCUT2D eigenvalue weighted by atomic mass is 35.5. The van der Waals surface area contributed by atoms with E-state index in [4.69, 9.17) is 33.7 Å². The predicted molar refractivity (Wildman–Crippen MR) is 129 cm³/mol. The number of amides is 2. The van der Waals surface area contributed by atoms with E-state index in [0.29, 0.717) is 65.2 Å². The van der Waals surface area contributed by atoms with Gasteiger partial charge in [-0.2, -0.15) is 0 Å². The summed E-state index contributed by atoms with van der Waals surface area (Å²) in [6, 6.07) is 12.4. The van der Waals surface area contributed by atoms with Crippen molar-refractivity contribution in [1.82, 2.24) is 9.80 Å². The molecule has 0 fully saturated rings. The highest BCUT2D eigenvalue weighted by Gasteiger charge is 2.32. The van der Waals surface area contributed by atoms with Crippen LogP contribution in [0.4, 0.5) is 0 Å². The van der Waals surface area contributed by atoms with E-state index >= 15 is 0 Å². The number of methoxy groups -OCH3 is 1. The Morgan fingerprint density at radius 1 is 1.12 bits per heavy atom. The van der Waals surface area contributed by atoms with E-state index in [0.717, 1.165) is 11.3 Å². The minimum absolute atomic E-state index is 0.182. The number of aliphatic imine (C=N–C) groups is 1. The molecule has 0 saturated heterocycles. The first-order valence-corrected chi connectivity index (χ1v) is 11.3. The molecule has 2 aliphatic heterocycles. The Morgan fingerprint density at radius 2 is 1.88 bits per heavy atom. The zero-order valence-electron chi connectivity index (χ0n) is 18.2. The van der Waals surface area contributed by atoms with Crippen LogP contribution in [-0.2, 0) is 11.3 Å². The molecule has 0 spiro atoms. The second kappa shape index (κ2) is 9.85. The molecule has 0 unspecified atom stereocenters. The molecule has 7 nitrogen and oxygen atoms in total. The van der Waals surface area contributed by atoms with Gasteiger partial charge in [0.2, 0.25) is 0 Å². The van der Waals surface area contributed by atoms with E-state index < -0.39 is 0 Å². The second-order valence-corrected chi connectivity index (χ2v) is 8.73. The Kier molecular flexibility index (Phi) is 6.91. The summed E-state index contributed by atoms with van der Waals surface area (Å²) in [6.07, 6.45) is 0.465. The summed E-state index contributed by atoms with van der Waals surface area (Å²) in [5.74, 6) is 0.384. The van der Waals surface area contributed by atoms with Gasteiger partial charge in [0, 0.05) is 49.4 Å². The third-order valence-corrected chi connectivity index (χ3v) is 6.53. The van der Waals surface area contributed by atoms with E-state index in [-0.39, 0.29) is 18.4 Å². The minimum atomic E-state index is -0.197. The summed E-state index contributed by atoms with van der Waals surface area (Å²) < 4.78 is 5.20. The Bertz CT molecular complexity index is 1140. The number of carbonyl (C=O) groups is 2. The first-order valence-electron chi connectivity index (χ1n) is 10.6. The van der Waals surface area contributed by atoms with Crippen molar-refractivity contribution >= 4 is 40.7 Å². The van der Waals surface area contributed by atoms with Gasteiger partial charge < -0.3 is 20.3 Å². The summed E-state index contributed by atoms with van der Waals surface area (Å²) in [7, 11) is 1.61. The molecular weight excluding hydrogens is 463 g/mol. The lowest BCUT2D eigenvalue weighted by Gasteiger charge is -2.33. The van der Waals surface area contributed by atoms with E-state index in [9.17, 15) is 9.59 Å². The number of benzene rings is 2. The standard InChI is InChI=1S/C24H24Cl2N4O3/c1-33-17-5-2-15(3-6-17)13-30-11-9-28-22(24(30)32)18-14-29(10-8-21(18)27)23(31)16-4-7-19(25)20(26)12-16/h2-7,12H,8-11,13-14,27H2,1H3. The number of nitrogens with zero attached hydrogens (tertiary/aromatic N) is 3. The van der Waals surface area contributed by atoms with Crippen LogP contribution in [0.5, 0.6) is 5.75 Å². The topological polar surface area (TPSA) is 88.2 Å². The normalized spacial score (nSPS) is 16.7. The van der Waals surface area contributed by atoms with E-state index in [2.05, 4.69) is 4.99 Å². The van der Waals surface area contributed by atoms with Gasteiger partial charge in [-0.1, -0.05) is 35.3 Å². The average Bonchev–Trinajstić information content (AvgIpc) is 2.83. The lowest BCUT2D eigenvalue weighted by atomic mass is 9.98. The van der Waals surface area contributed by atoms with E-state index in [1.165, 1.54) is 0 Å². The predicted octanol–water partition coefficient (Wildman–Crippen LogP) is 3.54. The van der Waals surface area contributed by atoms with Crippen LogP contribution in [0.2, 0.25) is 10.0 Å². The van der Waals surface area contributed by atoms with Gasteiger partial charge in [-0.05, 0) is 35.9 Å². The van der Waals surface area contributed by atoms with Crippen molar-refractivity contribution < 1.29 is 14.3 Å². The molecule has 9 heteroatoms. The molecule has 4 rings (SSSR count). The number of halogens is 2. The van der Waals surface area contributed by atoms with Crippen LogP contribution in [0.1, 0.15) is 22.3 Å². The molecule has 2 aromatic rings. The molecule has 0 saturated carbocycles. The van der Waals surface area contributed by atoms with Crippen LogP contribution in [0.15, 0.2) is 58.7 Å². The number of hydrogen-bond acceptors (Lipinski definition) is 5. The first kappa shape index (κ1) is 23.1. The van der Waals surface area contributed by atoms with Gasteiger partial charge in [-0.15, -0.1) is 0 Å². The fraction of sp³-hybridized carbons (Fsp3) is 0.292. The smallest absolute Gasteiger partial charge is 0.272 e. The molecule has 0 atom stereocenters. The van der Waals surface area contributed by atoms with Crippen LogP contribution in [-0.4, -0.2) is 60.6 Å². The summed E-state index contributed by atoms with van der Waals surface area (Å²) in [4.78, 5) is 34.2. The van der Waals surface area contributed by atoms with Crippen molar-refractivity contribution in [2.75, 3.05) is 33.3 Å². The summed E-state index contributed by atoms with van der Waals surface area (Å²) >= 11 is 12.1. The summed E-state index contributed by atoms with van der Waals surface area (Å²) in [5.41, 5.74) is 9.24. The maximum atomic E-state index is 13.3. The van der Waals surface area contributed by atoms with Gasteiger partial charge in [0.25, 0.3) is 11.8 Å². The number of ether oxygens (including phenoxy) is 1. The highest BCUT2D eigenvalue weighted by Crippen LogP contribution is 2.25. The van der Waals surface area contributed by atoms with Gasteiger partial charge >= 0.3 is 0 Å². The molecule has 172 valence electrons. The zero-order chi connectivity index (χ0) is 23.5. The quantitative estimate of drug-likeness (QED) is 0.699. The number of rotatable bonds is 5. The monoisotopic (exact) mass is 486 g/mol. The van der Waals surface area contributed by atoms with Crippen molar-refractivity contribution in [1.29, 1.82) is 0 Å². The lowest BCUT2D eigenvalue weighted by Crippen LogP contribution is -2.47. The fourth-order valence-electron chi connectivity index (χ4n) is 3.92. The van der Waals surface area contributed by atoms with Gasteiger partial charge in [-0.25, -0.2) is 0 Å². The average molecular weight is 487 g/mol. The molecule has 2 amide bonds. The molecule has 0 radical (unpaired) electrons. The van der Waals surface area contributed by atoms with Crippen LogP contribution in [0.3, 0.4) is 0 Å². The van der Waals surface area contributed by atoms with Gasteiger partial charge in [0.1, 0.15) is 11.5 Å². The third kappa shape index (κ3) is 4.99. The van der Waals surface area contributed by atoms with E-state index in [1.54, 1.807) is 35.1 Å². The maximum Gasteiger partial charge on any atom is 0.272 e. The Labute approximate surface area is 202 Å². The first-order chi connectivity index (χ1) is 15.9. The van der Waals surface area contributed by atoms with Crippen LogP contribution >= 0.6 is 23.2 Å². The van der Waals surface area contributed by atoms with Gasteiger partial charge in [-0.3, -0.25) is 14.6 Å². The highest BCUT2D eigenvalue weighted by molar-refractivity contribution is 6.46. The molecule has 0 aromatic heterocycles. The summed E-state index contributed by atoms with van der Waals surface area (Å²) in [5, 5.41) is 0.701. The largest absolute Gasteiger partial charge is 0.497 e. The molecule has 2 aliphatic rings. The van der Waals surface area contributed by atoms with Crippen molar-refractivity contribution in [2.45, 2.75) is 13.0 Å². The van der Waals surface area contributed by atoms with Crippen LogP contribution < -0.4 is 10.5 Å². The molecule has 2 N–H and O–H groups in total.